The van der Waals surface area contributed by atoms with Crippen LogP contribution in [0.5, 0.6) is 5.75 Å². The van der Waals surface area contributed by atoms with E-state index in [0.29, 0.717) is 6.10 Å². The van der Waals surface area contributed by atoms with Gasteiger partial charge in [-0.2, -0.15) is 0 Å². The third kappa shape index (κ3) is 3.01. The smallest absolute Gasteiger partial charge is 0.124 e. The van der Waals surface area contributed by atoms with Crippen LogP contribution in [0.15, 0.2) is 24.3 Å². The van der Waals surface area contributed by atoms with E-state index in [4.69, 9.17) is 4.74 Å². The molecule has 0 aromatic heterocycles. The van der Waals surface area contributed by atoms with Crippen molar-refractivity contribution in [1.29, 1.82) is 0 Å². The van der Waals surface area contributed by atoms with Crippen molar-refractivity contribution in [2.75, 3.05) is 0 Å². The zero-order chi connectivity index (χ0) is 11.5. The minimum Gasteiger partial charge on any atom is -0.490 e. The Labute approximate surface area is 103 Å². The summed E-state index contributed by atoms with van der Waals surface area (Å²) in [4.78, 5) is 0. The Morgan fingerprint density at radius 3 is 2.59 bits per heavy atom. The zero-order valence-electron chi connectivity index (χ0n) is 10.3. The average molecular weight is 231 g/mol. The highest BCUT2D eigenvalue weighted by Gasteiger charge is 2.21. The van der Waals surface area contributed by atoms with Gasteiger partial charge in [0, 0.05) is 18.2 Å². The lowest BCUT2D eigenvalue weighted by Crippen LogP contribution is -2.18. The van der Waals surface area contributed by atoms with Gasteiger partial charge in [0.2, 0.25) is 0 Å². The number of benzene rings is 1. The van der Waals surface area contributed by atoms with Gasteiger partial charge in [0.1, 0.15) is 5.75 Å². The highest BCUT2D eigenvalue weighted by atomic mass is 16.5. The Kier molecular flexibility index (Phi) is 3.32. The second-order valence-corrected chi connectivity index (χ2v) is 5.29. The average Bonchev–Trinajstić information content (AvgIpc) is 3.05. The molecule has 0 aliphatic heterocycles. The fourth-order valence-electron chi connectivity index (χ4n) is 2.49. The normalized spacial score (nSPS) is 20.7. The van der Waals surface area contributed by atoms with E-state index in [1.165, 1.54) is 44.1 Å². The number of hydrogen-bond donors (Lipinski definition) is 1. The molecule has 0 radical (unpaired) electrons. The molecule has 0 atom stereocenters. The van der Waals surface area contributed by atoms with Crippen LogP contribution in [-0.4, -0.2) is 12.1 Å². The summed E-state index contributed by atoms with van der Waals surface area (Å²) >= 11 is 0. The van der Waals surface area contributed by atoms with E-state index in [1.807, 2.05) is 0 Å². The molecule has 0 unspecified atom stereocenters. The van der Waals surface area contributed by atoms with Gasteiger partial charge in [-0.25, -0.2) is 0 Å². The van der Waals surface area contributed by atoms with E-state index in [-0.39, 0.29) is 0 Å². The summed E-state index contributed by atoms with van der Waals surface area (Å²) in [6, 6.07) is 9.23. The first-order chi connectivity index (χ1) is 8.42. The van der Waals surface area contributed by atoms with Gasteiger partial charge in [-0.3, -0.25) is 0 Å². The van der Waals surface area contributed by atoms with Crippen LogP contribution in [0.1, 0.15) is 44.1 Å². The van der Waals surface area contributed by atoms with Gasteiger partial charge in [0.15, 0.2) is 0 Å². The number of nitrogens with one attached hydrogen (secondary N) is 1. The van der Waals surface area contributed by atoms with Crippen molar-refractivity contribution in [2.24, 2.45) is 0 Å². The Hall–Kier alpha value is -1.02. The molecule has 2 saturated carbocycles. The number of rotatable bonds is 5. The highest BCUT2D eigenvalue weighted by Crippen LogP contribution is 2.27. The van der Waals surface area contributed by atoms with Crippen molar-refractivity contribution < 1.29 is 4.74 Å². The predicted octanol–water partition coefficient (Wildman–Crippen LogP) is 3.26. The Balaban J connectivity index is 1.63. The van der Waals surface area contributed by atoms with E-state index in [2.05, 4.69) is 29.6 Å². The van der Waals surface area contributed by atoms with Crippen molar-refractivity contribution in [1.82, 2.24) is 5.32 Å². The quantitative estimate of drug-likeness (QED) is 0.840. The molecule has 2 aliphatic rings. The molecular formula is C15H21NO. The molecule has 2 nitrogen and oxygen atoms in total. The van der Waals surface area contributed by atoms with Crippen molar-refractivity contribution >= 4 is 0 Å². The summed E-state index contributed by atoms with van der Waals surface area (Å²) in [6.45, 7) is 0.952. The van der Waals surface area contributed by atoms with Crippen molar-refractivity contribution in [3.8, 4) is 5.75 Å². The molecule has 1 aromatic carbocycles. The third-order valence-corrected chi connectivity index (χ3v) is 3.73. The lowest BCUT2D eigenvalue weighted by Gasteiger charge is -2.16. The summed E-state index contributed by atoms with van der Waals surface area (Å²) in [5.74, 6) is 1.09. The van der Waals surface area contributed by atoms with E-state index in [0.717, 1.165) is 18.3 Å². The van der Waals surface area contributed by atoms with Crippen LogP contribution in [0.3, 0.4) is 0 Å². The van der Waals surface area contributed by atoms with Gasteiger partial charge in [-0.15, -0.1) is 0 Å². The summed E-state index contributed by atoms with van der Waals surface area (Å²) in [5.41, 5.74) is 1.31. The highest BCUT2D eigenvalue weighted by molar-refractivity contribution is 5.33. The first-order valence-corrected chi connectivity index (χ1v) is 6.90. The molecule has 0 saturated heterocycles. The van der Waals surface area contributed by atoms with Crippen molar-refractivity contribution in [3.05, 3.63) is 29.8 Å². The zero-order valence-corrected chi connectivity index (χ0v) is 10.3. The first-order valence-electron chi connectivity index (χ1n) is 6.90. The molecule has 0 spiro atoms. The maximum Gasteiger partial charge on any atom is 0.124 e. The van der Waals surface area contributed by atoms with E-state index < -0.39 is 0 Å². The van der Waals surface area contributed by atoms with Gasteiger partial charge < -0.3 is 10.1 Å². The van der Waals surface area contributed by atoms with Gasteiger partial charge in [-0.05, 0) is 44.6 Å². The molecular weight excluding hydrogens is 210 g/mol. The topological polar surface area (TPSA) is 21.3 Å². The molecule has 2 heteroatoms. The Morgan fingerprint density at radius 1 is 1.06 bits per heavy atom. The van der Waals surface area contributed by atoms with Gasteiger partial charge in [-0.1, -0.05) is 18.2 Å². The SMILES string of the molecule is c1ccc(OC2CCCC2)c(CNC2CC2)c1. The van der Waals surface area contributed by atoms with Crippen LogP contribution in [0, 0.1) is 0 Å². The lowest BCUT2D eigenvalue weighted by atomic mass is 10.2. The molecule has 1 N–H and O–H groups in total. The third-order valence-electron chi connectivity index (χ3n) is 3.73. The maximum atomic E-state index is 6.12. The lowest BCUT2D eigenvalue weighted by molar-refractivity contribution is 0.207. The second-order valence-electron chi connectivity index (χ2n) is 5.29. The largest absolute Gasteiger partial charge is 0.490 e. The minimum atomic E-state index is 0.456. The Morgan fingerprint density at radius 2 is 1.82 bits per heavy atom. The van der Waals surface area contributed by atoms with E-state index in [9.17, 15) is 0 Å². The molecule has 17 heavy (non-hydrogen) atoms. The molecule has 1 aromatic rings. The van der Waals surface area contributed by atoms with Crippen LogP contribution in [0.2, 0.25) is 0 Å². The summed E-state index contributed by atoms with van der Waals surface area (Å²) < 4.78 is 6.12. The predicted molar refractivity (Wildman–Crippen MR) is 69.2 cm³/mol. The number of ether oxygens (including phenoxy) is 1. The van der Waals surface area contributed by atoms with Crippen LogP contribution in [-0.2, 0) is 6.54 Å². The number of hydrogen-bond acceptors (Lipinski definition) is 2. The van der Waals surface area contributed by atoms with E-state index in [1.54, 1.807) is 0 Å². The molecule has 2 aliphatic carbocycles. The Bertz CT molecular complexity index is 367. The van der Waals surface area contributed by atoms with Crippen molar-refractivity contribution in [2.45, 2.75) is 57.2 Å². The summed E-state index contributed by atoms with van der Waals surface area (Å²) in [6.07, 6.45) is 8.24. The fourth-order valence-corrected chi connectivity index (χ4v) is 2.49. The van der Waals surface area contributed by atoms with Crippen LogP contribution < -0.4 is 10.1 Å². The monoisotopic (exact) mass is 231 g/mol. The van der Waals surface area contributed by atoms with Crippen LogP contribution >= 0.6 is 0 Å². The molecule has 92 valence electrons. The van der Waals surface area contributed by atoms with Gasteiger partial charge >= 0.3 is 0 Å². The standard InChI is InChI=1S/C15H21NO/c1-4-8-15(17-14-6-2-3-7-14)12(5-1)11-16-13-9-10-13/h1,4-5,8,13-14,16H,2-3,6-7,9-11H2. The minimum absolute atomic E-state index is 0.456. The van der Waals surface area contributed by atoms with Crippen molar-refractivity contribution in [3.63, 3.8) is 0 Å². The molecule has 0 amide bonds. The first kappa shape index (κ1) is 11.1. The van der Waals surface area contributed by atoms with Gasteiger partial charge in [0.25, 0.3) is 0 Å². The van der Waals surface area contributed by atoms with Gasteiger partial charge in [0.05, 0.1) is 6.10 Å². The van der Waals surface area contributed by atoms with E-state index >= 15 is 0 Å². The summed E-state index contributed by atoms with van der Waals surface area (Å²) in [5, 5.41) is 3.56. The second kappa shape index (κ2) is 5.09. The summed E-state index contributed by atoms with van der Waals surface area (Å²) in [7, 11) is 0. The van der Waals surface area contributed by atoms with Crippen LogP contribution in [0.25, 0.3) is 0 Å². The maximum absolute atomic E-state index is 6.12. The molecule has 0 bridgehead atoms. The van der Waals surface area contributed by atoms with Crippen LogP contribution in [0.4, 0.5) is 0 Å². The molecule has 0 heterocycles. The fraction of sp³-hybridized carbons (Fsp3) is 0.600. The molecule has 3 rings (SSSR count). The number of para-hydroxylation sites is 1. The molecule has 2 fully saturated rings.